The van der Waals surface area contributed by atoms with Crippen LogP contribution in [0, 0.1) is 0 Å². The Hall–Kier alpha value is -7.63. The van der Waals surface area contributed by atoms with Crippen LogP contribution < -0.4 is 4.90 Å². The summed E-state index contributed by atoms with van der Waals surface area (Å²) in [5, 5.41) is 2.12. The second-order valence-electron chi connectivity index (χ2n) is 13.7. The number of para-hydroxylation sites is 2. The predicted molar refractivity (Wildman–Crippen MR) is 229 cm³/mol. The summed E-state index contributed by atoms with van der Waals surface area (Å²) in [4.78, 5) is 17.1. The third-order valence-corrected chi connectivity index (χ3v) is 10.1. The monoisotopic (exact) mass is 718 g/mol. The van der Waals surface area contributed by atoms with Crippen LogP contribution in [0.3, 0.4) is 0 Å². The van der Waals surface area contributed by atoms with Crippen LogP contribution >= 0.6 is 0 Å². The van der Waals surface area contributed by atoms with Crippen molar-refractivity contribution in [3.8, 4) is 56.4 Å². The molecule has 2 heterocycles. The van der Waals surface area contributed by atoms with E-state index in [0.717, 1.165) is 66.8 Å². The van der Waals surface area contributed by atoms with E-state index in [-0.39, 0.29) is 0 Å². The van der Waals surface area contributed by atoms with Gasteiger partial charge in [-0.25, -0.2) is 15.0 Å². The number of aromatic nitrogens is 3. The molecule has 0 saturated heterocycles. The van der Waals surface area contributed by atoms with Gasteiger partial charge in [0.05, 0.1) is 5.69 Å². The van der Waals surface area contributed by atoms with Crippen LogP contribution in [-0.4, -0.2) is 15.0 Å². The van der Waals surface area contributed by atoms with Crippen LogP contribution in [0.2, 0.25) is 0 Å². The topological polar surface area (TPSA) is 55.1 Å². The number of hydrogen-bond donors (Lipinski definition) is 0. The third-order valence-electron chi connectivity index (χ3n) is 10.1. The fourth-order valence-corrected chi connectivity index (χ4v) is 7.35. The zero-order valence-corrected chi connectivity index (χ0v) is 30.3. The second kappa shape index (κ2) is 14.3. The number of furan rings is 1. The van der Waals surface area contributed by atoms with E-state index in [0.29, 0.717) is 17.5 Å². The Morgan fingerprint density at radius 3 is 1.43 bits per heavy atom. The molecule has 10 rings (SSSR count). The molecular weight excluding hydrogens is 685 g/mol. The van der Waals surface area contributed by atoms with Crippen LogP contribution in [-0.2, 0) is 0 Å². The van der Waals surface area contributed by atoms with Gasteiger partial charge in [0, 0.05) is 38.8 Å². The molecule has 5 nitrogen and oxygen atoms in total. The number of hydrogen-bond acceptors (Lipinski definition) is 5. The Labute approximate surface area is 324 Å². The van der Waals surface area contributed by atoms with Gasteiger partial charge in [-0.1, -0.05) is 158 Å². The average molecular weight is 719 g/mol. The molecule has 5 heteroatoms. The van der Waals surface area contributed by atoms with Crippen LogP contribution in [0.25, 0.3) is 78.4 Å². The Kier molecular flexibility index (Phi) is 8.43. The van der Waals surface area contributed by atoms with E-state index in [2.05, 4.69) is 138 Å². The maximum absolute atomic E-state index is 6.83. The van der Waals surface area contributed by atoms with E-state index in [4.69, 9.17) is 19.4 Å². The molecule has 0 fully saturated rings. The molecule has 0 radical (unpaired) electrons. The first-order valence-electron chi connectivity index (χ1n) is 18.7. The molecule has 10 aromatic rings. The molecule has 0 bridgehead atoms. The fraction of sp³-hybridized carbons (Fsp3) is 0. The Morgan fingerprint density at radius 2 is 0.786 bits per heavy atom. The highest BCUT2D eigenvalue weighted by Crippen LogP contribution is 2.43. The van der Waals surface area contributed by atoms with Crippen molar-refractivity contribution in [2.75, 3.05) is 4.90 Å². The van der Waals surface area contributed by atoms with Crippen LogP contribution in [0.5, 0.6) is 0 Å². The molecular formula is C51H34N4O. The van der Waals surface area contributed by atoms with Gasteiger partial charge in [0.1, 0.15) is 5.58 Å². The van der Waals surface area contributed by atoms with E-state index in [1.807, 2.05) is 72.8 Å². The van der Waals surface area contributed by atoms with Gasteiger partial charge in [-0.05, 0) is 70.8 Å². The van der Waals surface area contributed by atoms with Gasteiger partial charge in [0.2, 0.25) is 0 Å². The minimum Gasteiger partial charge on any atom is -0.454 e. The summed E-state index contributed by atoms with van der Waals surface area (Å²) in [6.07, 6.45) is 0. The molecule has 0 aliphatic rings. The van der Waals surface area contributed by atoms with Crippen molar-refractivity contribution in [2.45, 2.75) is 0 Å². The largest absolute Gasteiger partial charge is 0.454 e. The van der Waals surface area contributed by atoms with Crippen molar-refractivity contribution >= 4 is 39.0 Å². The number of rotatable bonds is 8. The van der Waals surface area contributed by atoms with Crippen molar-refractivity contribution in [1.29, 1.82) is 0 Å². The summed E-state index contributed by atoms with van der Waals surface area (Å²) in [6, 6.07) is 71.0. The number of benzene rings is 8. The normalized spacial score (nSPS) is 11.2. The summed E-state index contributed by atoms with van der Waals surface area (Å²) in [6.45, 7) is 0. The van der Waals surface area contributed by atoms with E-state index in [1.165, 1.54) is 11.1 Å². The van der Waals surface area contributed by atoms with Crippen LogP contribution in [0.4, 0.5) is 17.1 Å². The van der Waals surface area contributed by atoms with E-state index in [9.17, 15) is 0 Å². The Morgan fingerprint density at radius 1 is 0.321 bits per heavy atom. The Bertz CT molecular complexity index is 2890. The van der Waals surface area contributed by atoms with Crippen LogP contribution in [0.15, 0.2) is 211 Å². The lowest BCUT2D eigenvalue weighted by molar-refractivity contribution is 0.669. The standard InChI is InChI=1S/C51H34N4O/c1-5-15-35(16-6-1)36-27-30-43(31-28-36)55(42-23-11-4-12-24-42)46-26-14-25-45-44-32-29-40(34-47(44)56-48(45)46)39-21-13-22-41(33-39)51-53-49(37-17-7-2-8-18-37)52-50(54-51)38-19-9-3-10-20-38/h1-34H. The highest BCUT2D eigenvalue weighted by atomic mass is 16.3. The highest BCUT2D eigenvalue weighted by molar-refractivity contribution is 6.11. The quantitative estimate of drug-likeness (QED) is 0.157. The first-order valence-corrected chi connectivity index (χ1v) is 18.7. The van der Waals surface area contributed by atoms with Crippen molar-refractivity contribution in [3.63, 3.8) is 0 Å². The molecule has 0 unspecified atom stereocenters. The van der Waals surface area contributed by atoms with Gasteiger partial charge in [-0.2, -0.15) is 0 Å². The minimum atomic E-state index is 0.617. The first kappa shape index (κ1) is 33.0. The van der Waals surface area contributed by atoms with Crippen molar-refractivity contribution in [3.05, 3.63) is 206 Å². The van der Waals surface area contributed by atoms with Gasteiger partial charge >= 0.3 is 0 Å². The first-order chi connectivity index (χ1) is 27.7. The molecule has 0 aliphatic heterocycles. The van der Waals surface area contributed by atoms with E-state index >= 15 is 0 Å². The number of nitrogens with zero attached hydrogens (tertiary/aromatic N) is 4. The molecule has 0 saturated carbocycles. The van der Waals surface area contributed by atoms with Crippen molar-refractivity contribution in [2.24, 2.45) is 0 Å². The summed E-state index contributed by atoms with van der Waals surface area (Å²) in [5.74, 6) is 1.89. The van der Waals surface area contributed by atoms with E-state index < -0.39 is 0 Å². The maximum atomic E-state index is 6.83. The van der Waals surface area contributed by atoms with Crippen LogP contribution in [0.1, 0.15) is 0 Å². The summed E-state index contributed by atoms with van der Waals surface area (Å²) >= 11 is 0. The Balaban J connectivity index is 1.05. The van der Waals surface area contributed by atoms with Gasteiger partial charge in [0.25, 0.3) is 0 Å². The van der Waals surface area contributed by atoms with Gasteiger partial charge in [-0.3, -0.25) is 0 Å². The smallest absolute Gasteiger partial charge is 0.164 e. The molecule has 8 aromatic carbocycles. The molecule has 2 aromatic heterocycles. The lowest BCUT2D eigenvalue weighted by Crippen LogP contribution is -2.10. The van der Waals surface area contributed by atoms with Gasteiger partial charge in [0.15, 0.2) is 23.1 Å². The molecule has 0 N–H and O–H groups in total. The molecule has 0 spiro atoms. The predicted octanol–water partition coefficient (Wildman–Crippen LogP) is 13.6. The molecule has 0 aliphatic carbocycles. The number of fused-ring (bicyclic) bond motifs is 3. The van der Waals surface area contributed by atoms with Gasteiger partial charge < -0.3 is 9.32 Å². The van der Waals surface area contributed by atoms with Crippen molar-refractivity contribution < 1.29 is 4.42 Å². The maximum Gasteiger partial charge on any atom is 0.164 e. The summed E-state index contributed by atoms with van der Waals surface area (Å²) < 4.78 is 6.83. The van der Waals surface area contributed by atoms with E-state index in [1.54, 1.807) is 0 Å². The lowest BCUT2D eigenvalue weighted by Gasteiger charge is -2.25. The third kappa shape index (κ3) is 6.27. The molecule has 0 atom stereocenters. The summed E-state index contributed by atoms with van der Waals surface area (Å²) in [5.41, 5.74) is 11.9. The fourth-order valence-electron chi connectivity index (χ4n) is 7.35. The molecule has 0 amide bonds. The lowest BCUT2D eigenvalue weighted by atomic mass is 10.0. The summed E-state index contributed by atoms with van der Waals surface area (Å²) in [7, 11) is 0. The van der Waals surface area contributed by atoms with Crippen molar-refractivity contribution in [1.82, 2.24) is 15.0 Å². The zero-order chi connectivity index (χ0) is 37.3. The SMILES string of the molecule is c1ccc(-c2ccc(N(c3ccccc3)c3cccc4c3oc3cc(-c5cccc(-c6nc(-c7ccccc7)nc(-c7ccccc7)n6)c5)ccc34)cc2)cc1. The average Bonchev–Trinajstić information content (AvgIpc) is 3.67. The second-order valence-corrected chi connectivity index (χ2v) is 13.7. The molecule has 264 valence electrons. The van der Waals surface area contributed by atoms with Gasteiger partial charge in [-0.15, -0.1) is 0 Å². The number of anilines is 3. The minimum absolute atomic E-state index is 0.617. The highest BCUT2D eigenvalue weighted by Gasteiger charge is 2.20. The molecule has 56 heavy (non-hydrogen) atoms. The zero-order valence-electron chi connectivity index (χ0n) is 30.3.